The van der Waals surface area contributed by atoms with Gasteiger partial charge >= 0.3 is 5.97 Å². The third-order valence-corrected chi connectivity index (χ3v) is 15.6. The van der Waals surface area contributed by atoms with Crippen molar-refractivity contribution in [2.45, 2.75) is 180 Å². The van der Waals surface area contributed by atoms with Crippen LogP contribution in [0.25, 0.3) is 0 Å². The van der Waals surface area contributed by atoms with Gasteiger partial charge in [-0.3, -0.25) is 23.7 Å². The van der Waals surface area contributed by atoms with Gasteiger partial charge in [0, 0.05) is 71.8 Å². The predicted molar refractivity (Wildman–Crippen MR) is 263 cm³/mol. The van der Waals surface area contributed by atoms with Crippen LogP contribution in [0.15, 0.2) is 47.6 Å². The summed E-state index contributed by atoms with van der Waals surface area (Å²) in [5, 5.41) is 23.5. The Balaban J connectivity index is 1.70. The minimum atomic E-state index is -2.79. The van der Waals surface area contributed by atoms with Crippen LogP contribution in [0.4, 0.5) is 0 Å². The number of allylic oxidation sites excluding steroid dienone is 6. The molecular formula is C53H84NO14P. The topological polar surface area (TPSA) is 201 Å². The van der Waals surface area contributed by atoms with Crippen LogP contribution in [0.3, 0.4) is 0 Å². The second kappa shape index (κ2) is 26.5. The molecule has 0 spiro atoms. The van der Waals surface area contributed by atoms with Gasteiger partial charge in [0.1, 0.15) is 30.1 Å². The normalized spacial score (nSPS) is 37.8. The first kappa shape index (κ1) is 58.4. The average molecular weight is 990 g/mol. The van der Waals surface area contributed by atoms with Gasteiger partial charge in [-0.15, -0.1) is 0 Å². The highest BCUT2D eigenvalue weighted by atomic mass is 31.2. The fraction of sp³-hybridized carbons (Fsp3) is 0.755. The molecule has 0 aromatic carbocycles. The van der Waals surface area contributed by atoms with E-state index in [-0.39, 0.29) is 60.9 Å². The van der Waals surface area contributed by atoms with Crippen molar-refractivity contribution in [3.05, 3.63) is 47.6 Å². The van der Waals surface area contributed by atoms with Crippen molar-refractivity contribution in [2.24, 2.45) is 35.5 Å². The van der Waals surface area contributed by atoms with Gasteiger partial charge in [0.05, 0.1) is 24.4 Å². The summed E-state index contributed by atoms with van der Waals surface area (Å²) in [5.74, 6) is -8.11. The third kappa shape index (κ3) is 16.2. The molecule has 3 heterocycles. The maximum atomic E-state index is 14.5. The number of piperidine rings is 1. The third-order valence-electron chi connectivity index (χ3n) is 14.8. The molecule has 3 fully saturated rings. The van der Waals surface area contributed by atoms with E-state index in [0.717, 1.165) is 12.0 Å². The Labute approximate surface area is 411 Å². The van der Waals surface area contributed by atoms with E-state index >= 15 is 0 Å². The van der Waals surface area contributed by atoms with E-state index in [1.165, 1.54) is 12.0 Å². The zero-order valence-corrected chi connectivity index (χ0v) is 44.3. The van der Waals surface area contributed by atoms with Crippen molar-refractivity contribution in [2.75, 3.05) is 41.2 Å². The summed E-state index contributed by atoms with van der Waals surface area (Å²) < 4.78 is 48.2. The molecule has 1 amide bonds. The van der Waals surface area contributed by atoms with Crippen molar-refractivity contribution in [1.82, 2.24) is 4.90 Å². The molecule has 2 bridgehead atoms. The molecule has 0 aromatic heterocycles. The van der Waals surface area contributed by atoms with Crippen LogP contribution in [0.2, 0.25) is 0 Å². The van der Waals surface area contributed by atoms with E-state index in [4.69, 9.17) is 28.2 Å². The van der Waals surface area contributed by atoms with Gasteiger partial charge in [-0.2, -0.15) is 0 Å². The Morgan fingerprint density at radius 3 is 2.22 bits per heavy atom. The van der Waals surface area contributed by atoms with E-state index < -0.39 is 85.1 Å². The van der Waals surface area contributed by atoms with E-state index in [1.807, 2.05) is 58.1 Å². The van der Waals surface area contributed by atoms with Crippen LogP contribution < -0.4 is 0 Å². The van der Waals surface area contributed by atoms with Gasteiger partial charge in [0.15, 0.2) is 13.2 Å². The number of ketones is 3. The minimum absolute atomic E-state index is 0.0117. The first-order chi connectivity index (χ1) is 32.4. The molecule has 4 rings (SSSR count). The molecule has 15 nitrogen and oxygen atoms in total. The van der Waals surface area contributed by atoms with Crippen LogP contribution in [0, 0.1) is 35.5 Å². The van der Waals surface area contributed by atoms with Gasteiger partial charge < -0.3 is 43.3 Å². The van der Waals surface area contributed by atoms with Crippen LogP contribution >= 0.6 is 7.37 Å². The van der Waals surface area contributed by atoms with Crippen LogP contribution in [0.5, 0.6) is 0 Å². The molecule has 4 aliphatic rings. The largest absolute Gasteiger partial charge is 0.460 e. The lowest BCUT2D eigenvalue weighted by Crippen LogP contribution is -2.61. The predicted octanol–water partition coefficient (Wildman–Crippen LogP) is 7.74. The molecule has 3 aliphatic heterocycles. The van der Waals surface area contributed by atoms with Gasteiger partial charge in [0.25, 0.3) is 11.7 Å². The molecule has 2 N–H and O–H groups in total. The number of nitrogens with zero attached hydrogens (tertiary/aromatic N) is 1. The number of Topliss-reactive ketones (excluding diaryl/α,β-unsaturated/α-hetero) is 3. The summed E-state index contributed by atoms with van der Waals surface area (Å²) in [6.07, 6.45) is 11.4. The number of amides is 1. The summed E-state index contributed by atoms with van der Waals surface area (Å²) in [6, 6.07) is -1.16. The zero-order chi connectivity index (χ0) is 51.4. The van der Waals surface area contributed by atoms with Gasteiger partial charge in [-0.1, -0.05) is 71.1 Å². The highest BCUT2D eigenvalue weighted by molar-refractivity contribution is 7.57. The number of aliphatic hydroxyl groups excluding tert-OH is 1. The van der Waals surface area contributed by atoms with Gasteiger partial charge in [-0.05, 0) is 107 Å². The Hall–Kier alpha value is -3.14. The lowest BCUT2D eigenvalue weighted by atomic mass is 9.78. The minimum Gasteiger partial charge on any atom is -0.460 e. The number of hydrogen-bond donors (Lipinski definition) is 2. The van der Waals surface area contributed by atoms with Gasteiger partial charge in [0.2, 0.25) is 5.79 Å². The quantitative estimate of drug-likeness (QED) is 0.104. The van der Waals surface area contributed by atoms with E-state index in [1.54, 1.807) is 54.4 Å². The number of hydrogen-bond acceptors (Lipinski definition) is 14. The summed E-state index contributed by atoms with van der Waals surface area (Å²) in [6.45, 7) is 15.9. The number of carbonyl (C=O) groups excluding carboxylic acids is 5. The Bertz CT molecular complexity index is 1940. The molecule has 390 valence electrons. The first-order valence-corrected chi connectivity index (χ1v) is 27.7. The molecule has 15 atom stereocenters. The van der Waals surface area contributed by atoms with Crippen LogP contribution in [0.1, 0.15) is 126 Å². The molecule has 69 heavy (non-hydrogen) atoms. The average Bonchev–Trinajstić information content (AvgIpc) is 3.30. The number of carbonyl (C=O) groups is 5. The maximum Gasteiger partial charge on any atom is 0.329 e. The van der Waals surface area contributed by atoms with E-state index in [2.05, 4.69) is 0 Å². The fourth-order valence-corrected chi connectivity index (χ4v) is 11.4. The second-order valence-corrected chi connectivity index (χ2v) is 23.6. The highest BCUT2D eigenvalue weighted by Crippen LogP contribution is 2.45. The second-order valence-electron chi connectivity index (χ2n) is 20.9. The molecular weight excluding hydrogens is 906 g/mol. The highest BCUT2D eigenvalue weighted by Gasteiger charge is 2.53. The Morgan fingerprint density at radius 2 is 1.57 bits per heavy atom. The fourth-order valence-electron chi connectivity index (χ4n) is 10.5. The van der Waals surface area contributed by atoms with Crippen LogP contribution in [-0.4, -0.2) is 140 Å². The standard InChI is InChI=1S/C53H84NO14P/c1-32-18-14-13-15-19-33(2)44(63-8)30-40-23-21-38(7)53(61,67-40)50(58)51(59)54-25-17-16-20-41(54)52(60)66-45(35(4)28-39-22-24-43(46(29-39)64-9)68-69(11,12)62)31-42(55)34(3)27-37(6)48(57)49(65-10)47(56)36(5)26-32/h13-15,18-19,27,32,34-36,38-41,43-46,48-49,57,61H,16-17,20-26,28-31H2,1-12H3/b15-13?,18-14+,33-19?,37-27+/t32-,34-,35-,36-,38-,39-,40+,41+,43-,44+,45+,46-,48-,49+,53-/m1/s1. The van der Waals surface area contributed by atoms with Crippen molar-refractivity contribution < 1.29 is 67.0 Å². The van der Waals surface area contributed by atoms with Crippen molar-refractivity contribution in [3.8, 4) is 0 Å². The first-order valence-electron chi connectivity index (χ1n) is 25.2. The number of aliphatic hydroxyl groups is 2. The zero-order valence-electron chi connectivity index (χ0n) is 43.4. The molecule has 0 aromatic rings. The molecule has 2 saturated heterocycles. The number of ether oxygens (including phenoxy) is 5. The molecule has 0 unspecified atom stereocenters. The van der Waals surface area contributed by atoms with Crippen molar-refractivity contribution >= 4 is 36.6 Å². The van der Waals surface area contributed by atoms with E-state index in [9.17, 15) is 38.8 Å². The maximum absolute atomic E-state index is 14.5. The van der Waals surface area contributed by atoms with Crippen LogP contribution in [-0.2, 0) is 56.7 Å². The molecule has 0 radical (unpaired) electrons. The summed E-state index contributed by atoms with van der Waals surface area (Å²) in [4.78, 5) is 72.2. The summed E-state index contributed by atoms with van der Waals surface area (Å²) in [5.41, 5.74) is 1.25. The number of rotatable bonds is 8. The summed E-state index contributed by atoms with van der Waals surface area (Å²) >= 11 is 0. The smallest absolute Gasteiger partial charge is 0.329 e. The Kier molecular flexibility index (Phi) is 22.5. The summed E-state index contributed by atoms with van der Waals surface area (Å²) in [7, 11) is 1.76. The molecule has 16 heteroatoms. The lowest BCUT2D eigenvalue weighted by molar-refractivity contribution is -0.265. The van der Waals surface area contributed by atoms with Crippen molar-refractivity contribution in [3.63, 3.8) is 0 Å². The number of methoxy groups -OCH3 is 3. The lowest BCUT2D eigenvalue weighted by Gasteiger charge is -2.42. The molecule has 1 saturated carbocycles. The molecule has 1 aliphatic carbocycles. The monoisotopic (exact) mass is 990 g/mol. The van der Waals surface area contributed by atoms with Gasteiger partial charge in [-0.25, -0.2) is 4.79 Å². The van der Waals surface area contributed by atoms with Crippen molar-refractivity contribution in [1.29, 1.82) is 0 Å². The SMILES string of the molecule is CO[C@H]1C[C@@H]2CC[C@@H](C)[C@@](O)(O2)C(=O)C(=O)N2CCCC[C@H]2C(=O)O[C@H]([C@H](C)C[C@H]2CC[C@@H](OP(C)(C)=O)[C@H](OC)C2)CC(=O)[C@H](C)/C=C(\C)[C@@H](O)[C@@H](OC)C(=O)[C@H](C)C[C@H](C)/C=C/C=CC=C1C. The number of fused-ring (bicyclic) bond motifs is 3. The van der Waals surface area contributed by atoms with E-state index in [0.29, 0.717) is 63.4 Å². The number of esters is 1. The Morgan fingerprint density at radius 1 is 0.855 bits per heavy atom. The number of cyclic esters (lactones) is 1.